The van der Waals surface area contributed by atoms with E-state index in [1.54, 1.807) is 0 Å². The summed E-state index contributed by atoms with van der Waals surface area (Å²) in [5.41, 5.74) is 11.1. The summed E-state index contributed by atoms with van der Waals surface area (Å²) >= 11 is -2.00. The quantitative estimate of drug-likeness (QED) is 0.143. The topological polar surface area (TPSA) is 4.93 Å². The van der Waals surface area contributed by atoms with Gasteiger partial charge in [-0.15, -0.1) is 0 Å². The van der Waals surface area contributed by atoms with Crippen molar-refractivity contribution in [2.24, 2.45) is 0 Å². The molecule has 0 saturated carbocycles. The second-order valence-electron chi connectivity index (χ2n) is 12.5. The van der Waals surface area contributed by atoms with Crippen molar-refractivity contribution in [3.8, 4) is 39.1 Å². The molecule has 0 atom stereocenters. The summed E-state index contributed by atoms with van der Waals surface area (Å²) in [5, 5.41) is 2.55. The van der Waals surface area contributed by atoms with E-state index in [2.05, 4.69) is 211 Å². The molecule has 1 aromatic heterocycles. The first-order valence-electron chi connectivity index (χ1n) is 17.0. The molecule has 0 bridgehead atoms. The summed E-state index contributed by atoms with van der Waals surface area (Å²) in [6.07, 6.45) is 0. The third kappa shape index (κ3) is 5.72. The van der Waals surface area contributed by atoms with Gasteiger partial charge in [0, 0.05) is 0 Å². The molecule has 0 aliphatic heterocycles. The van der Waals surface area contributed by atoms with E-state index in [0.717, 1.165) is 0 Å². The zero-order valence-corrected chi connectivity index (χ0v) is 29.6. The molecule has 1 heterocycles. The fourth-order valence-electron chi connectivity index (χ4n) is 6.95. The van der Waals surface area contributed by atoms with Gasteiger partial charge >= 0.3 is 296 Å². The molecule has 2 heteroatoms. The average molecular weight is 752 g/mol. The van der Waals surface area contributed by atoms with E-state index in [4.69, 9.17) is 0 Å². The van der Waals surface area contributed by atoms with Crippen molar-refractivity contribution < 1.29 is 0 Å². The Morgan fingerprint density at radius 1 is 0.280 bits per heavy atom. The number of aromatic nitrogens is 1. The third-order valence-corrected chi connectivity index (χ3v) is 15.3. The van der Waals surface area contributed by atoms with Crippen LogP contribution in [0, 0.1) is 10.7 Å². The fraction of sp³-hybridized carbons (Fsp3) is 0. The molecule has 9 rings (SSSR count). The molecule has 1 nitrogen and oxygen atoms in total. The summed E-state index contributed by atoms with van der Waals surface area (Å²) < 4.78 is 6.67. The van der Waals surface area contributed by atoms with Crippen LogP contribution in [0.1, 0.15) is 0 Å². The van der Waals surface area contributed by atoms with Gasteiger partial charge in [-0.3, -0.25) is 0 Å². The maximum absolute atomic E-state index is 2.38. The van der Waals surface area contributed by atoms with Gasteiger partial charge in [0.15, 0.2) is 0 Å². The number of hydrogen-bond donors (Lipinski definition) is 0. The Morgan fingerprint density at radius 3 is 1.18 bits per heavy atom. The van der Waals surface area contributed by atoms with E-state index in [0.29, 0.717) is 0 Å². The standard InChI is InChI=1S/C48H34IN/c1-4-12-35(13-5-1)37-20-27-41(28-21-37)49(42-29-22-38(23-30-42)36-14-6-2-7-15-36)43-31-24-39(25-32-43)40-26-33-48-46(34-40)45-18-10-11-19-47(45)50(48)44-16-8-3-9-17-44/h1-34H. The van der Waals surface area contributed by atoms with Crippen LogP contribution in [-0.4, -0.2) is 4.57 Å². The normalized spacial score (nSPS) is 11.6. The van der Waals surface area contributed by atoms with Crippen molar-refractivity contribution in [1.82, 2.24) is 4.57 Å². The van der Waals surface area contributed by atoms with Gasteiger partial charge < -0.3 is 0 Å². The average Bonchev–Trinajstić information content (AvgIpc) is 3.53. The second kappa shape index (κ2) is 13.3. The molecular formula is C48H34IN. The van der Waals surface area contributed by atoms with Gasteiger partial charge in [-0.25, -0.2) is 0 Å². The maximum atomic E-state index is 2.38. The van der Waals surface area contributed by atoms with Crippen LogP contribution < -0.4 is 0 Å². The van der Waals surface area contributed by atoms with Crippen LogP contribution in [-0.2, 0) is 0 Å². The number of hydrogen-bond acceptors (Lipinski definition) is 0. The number of fused-ring (bicyclic) bond motifs is 3. The molecule has 0 N–H and O–H groups in total. The van der Waals surface area contributed by atoms with Crippen LogP contribution in [0.3, 0.4) is 0 Å². The van der Waals surface area contributed by atoms with E-state index in [1.807, 2.05) is 0 Å². The fourth-order valence-corrected chi connectivity index (χ4v) is 12.3. The summed E-state index contributed by atoms with van der Waals surface area (Å²) in [6, 6.07) is 75.7. The monoisotopic (exact) mass is 751 g/mol. The molecule has 0 amide bonds. The number of rotatable bonds is 7. The van der Waals surface area contributed by atoms with Crippen LogP contribution >= 0.6 is 19.8 Å². The van der Waals surface area contributed by atoms with Gasteiger partial charge in [0.2, 0.25) is 0 Å². The molecule has 0 aliphatic carbocycles. The summed E-state index contributed by atoms with van der Waals surface area (Å²) in [4.78, 5) is 0. The molecule has 0 fully saturated rings. The Hall–Kier alpha value is -5.71. The van der Waals surface area contributed by atoms with Crippen LogP contribution in [0.4, 0.5) is 0 Å². The molecule has 50 heavy (non-hydrogen) atoms. The number of nitrogens with zero attached hydrogens (tertiary/aromatic N) is 1. The molecule has 0 saturated heterocycles. The van der Waals surface area contributed by atoms with Gasteiger partial charge in [0.05, 0.1) is 0 Å². The van der Waals surface area contributed by atoms with Gasteiger partial charge in [-0.2, -0.15) is 0 Å². The summed E-state index contributed by atoms with van der Waals surface area (Å²) in [5.74, 6) is 0. The van der Waals surface area contributed by atoms with Crippen LogP contribution in [0.25, 0.3) is 60.9 Å². The zero-order valence-electron chi connectivity index (χ0n) is 27.5. The molecular weight excluding hydrogens is 717 g/mol. The molecule has 8 aromatic carbocycles. The van der Waals surface area contributed by atoms with Crippen LogP contribution in [0.15, 0.2) is 206 Å². The predicted octanol–water partition coefficient (Wildman–Crippen LogP) is 13.2. The van der Waals surface area contributed by atoms with Crippen LogP contribution in [0.2, 0.25) is 0 Å². The first kappa shape index (κ1) is 30.4. The Labute approximate surface area is 300 Å². The van der Waals surface area contributed by atoms with Gasteiger partial charge in [0.1, 0.15) is 0 Å². The zero-order chi connectivity index (χ0) is 33.3. The Balaban J connectivity index is 1.10. The Morgan fingerprint density at radius 2 is 0.660 bits per heavy atom. The molecule has 0 aliphatic rings. The van der Waals surface area contributed by atoms with Crippen LogP contribution in [0.5, 0.6) is 0 Å². The number of benzene rings is 8. The number of para-hydroxylation sites is 2. The van der Waals surface area contributed by atoms with Gasteiger partial charge in [-0.05, 0) is 0 Å². The van der Waals surface area contributed by atoms with Gasteiger partial charge in [-0.1, -0.05) is 6.07 Å². The predicted molar refractivity (Wildman–Crippen MR) is 220 cm³/mol. The van der Waals surface area contributed by atoms with Crippen molar-refractivity contribution in [3.05, 3.63) is 217 Å². The molecule has 238 valence electrons. The Kier molecular flexibility index (Phi) is 8.08. The van der Waals surface area contributed by atoms with E-state index >= 15 is 0 Å². The van der Waals surface area contributed by atoms with Crippen molar-refractivity contribution in [2.75, 3.05) is 0 Å². The minimum absolute atomic E-state index is 1.18. The first-order valence-corrected chi connectivity index (χ1v) is 20.2. The van der Waals surface area contributed by atoms with E-state index in [1.165, 1.54) is 71.6 Å². The molecule has 0 unspecified atom stereocenters. The van der Waals surface area contributed by atoms with Crippen molar-refractivity contribution in [2.45, 2.75) is 0 Å². The van der Waals surface area contributed by atoms with Crippen molar-refractivity contribution in [3.63, 3.8) is 0 Å². The van der Waals surface area contributed by atoms with E-state index in [-0.39, 0.29) is 0 Å². The second-order valence-corrected chi connectivity index (χ2v) is 17.8. The third-order valence-electron chi connectivity index (χ3n) is 9.42. The van der Waals surface area contributed by atoms with E-state index in [9.17, 15) is 0 Å². The Bertz CT molecular complexity index is 2450. The van der Waals surface area contributed by atoms with Gasteiger partial charge in [0.25, 0.3) is 0 Å². The summed E-state index contributed by atoms with van der Waals surface area (Å²) in [6.45, 7) is 0. The number of halogens is 1. The van der Waals surface area contributed by atoms with Crippen molar-refractivity contribution in [1.29, 1.82) is 0 Å². The van der Waals surface area contributed by atoms with E-state index < -0.39 is 19.8 Å². The minimum atomic E-state index is -2.00. The molecule has 9 aromatic rings. The van der Waals surface area contributed by atoms with Crippen molar-refractivity contribution >= 4 is 41.6 Å². The first-order chi connectivity index (χ1) is 24.8. The SMILES string of the molecule is c1ccc(-c2ccc(I(c3ccc(-c4ccccc4)cc3)c3ccc(-c4ccc5c(c4)c4ccccc4n5-c4ccccc4)cc3)cc2)cc1. The molecule has 0 radical (unpaired) electrons. The summed E-state index contributed by atoms with van der Waals surface area (Å²) in [7, 11) is 0. The molecule has 0 spiro atoms.